The van der Waals surface area contributed by atoms with Crippen molar-refractivity contribution in [1.82, 2.24) is 10.2 Å². The molecule has 1 heterocycles. The number of carbonyl (C=O) groups excluding carboxylic acids is 2. The average molecular weight is 393 g/mol. The smallest absolute Gasteiger partial charge is 0.325 e. The highest BCUT2D eigenvalue weighted by molar-refractivity contribution is 6.42. The Balaban J connectivity index is 1.91. The van der Waals surface area contributed by atoms with Gasteiger partial charge in [0.05, 0.1) is 23.7 Å². The van der Waals surface area contributed by atoms with E-state index in [0.717, 1.165) is 11.1 Å². The maximum atomic E-state index is 13.1. The van der Waals surface area contributed by atoms with Crippen LogP contribution in [0.25, 0.3) is 0 Å². The van der Waals surface area contributed by atoms with Crippen LogP contribution < -0.4 is 10.1 Å². The fraction of sp³-hybridized carbons (Fsp3) is 0.263. The predicted molar refractivity (Wildman–Crippen MR) is 101 cm³/mol. The van der Waals surface area contributed by atoms with Crippen LogP contribution in [0.2, 0.25) is 10.0 Å². The maximum Gasteiger partial charge on any atom is 0.325 e. The molecule has 26 heavy (non-hydrogen) atoms. The number of urea groups is 1. The second-order valence-corrected chi connectivity index (χ2v) is 6.87. The number of hydrogen-bond acceptors (Lipinski definition) is 3. The molecule has 1 aliphatic rings. The normalized spacial score (nSPS) is 19.6. The van der Waals surface area contributed by atoms with Gasteiger partial charge in [-0.1, -0.05) is 48.3 Å². The molecule has 0 saturated carbocycles. The Morgan fingerprint density at radius 3 is 2.35 bits per heavy atom. The molecule has 0 bridgehead atoms. The van der Waals surface area contributed by atoms with Gasteiger partial charge in [0.25, 0.3) is 5.91 Å². The summed E-state index contributed by atoms with van der Waals surface area (Å²) in [5.41, 5.74) is 0.361. The Morgan fingerprint density at radius 2 is 1.77 bits per heavy atom. The number of ether oxygens (including phenoxy) is 1. The predicted octanol–water partition coefficient (Wildman–Crippen LogP) is 4.36. The molecule has 1 unspecified atom stereocenters. The Bertz CT molecular complexity index is 854. The van der Waals surface area contributed by atoms with Gasteiger partial charge in [0.2, 0.25) is 0 Å². The van der Waals surface area contributed by atoms with Crippen molar-refractivity contribution in [1.29, 1.82) is 0 Å². The number of carbonyl (C=O) groups is 2. The van der Waals surface area contributed by atoms with E-state index >= 15 is 0 Å². The van der Waals surface area contributed by atoms with E-state index < -0.39 is 11.6 Å². The Labute approximate surface area is 161 Å². The molecule has 2 aromatic carbocycles. The molecule has 3 rings (SSSR count). The number of rotatable bonds is 5. The monoisotopic (exact) mass is 392 g/mol. The van der Waals surface area contributed by atoms with Gasteiger partial charge in [0.15, 0.2) is 0 Å². The topological polar surface area (TPSA) is 58.6 Å². The number of hydrogen-bond donors (Lipinski definition) is 1. The van der Waals surface area contributed by atoms with Crippen LogP contribution in [0, 0.1) is 0 Å². The highest BCUT2D eigenvalue weighted by atomic mass is 35.5. The SMILES string of the molecule is CCC1(c2ccc(OC)cc2)NC(=O)N(Cc2ccc(Cl)c(Cl)c2)C1=O. The van der Waals surface area contributed by atoms with Crippen molar-refractivity contribution >= 4 is 35.1 Å². The van der Waals surface area contributed by atoms with Crippen LogP contribution >= 0.6 is 23.2 Å². The van der Waals surface area contributed by atoms with Crippen molar-refractivity contribution in [2.45, 2.75) is 25.4 Å². The van der Waals surface area contributed by atoms with Crippen LogP contribution in [0.3, 0.4) is 0 Å². The lowest BCUT2D eigenvalue weighted by molar-refractivity contribution is -0.132. The zero-order valence-electron chi connectivity index (χ0n) is 14.4. The zero-order valence-corrected chi connectivity index (χ0v) is 15.9. The summed E-state index contributed by atoms with van der Waals surface area (Å²) in [4.78, 5) is 26.9. The third kappa shape index (κ3) is 3.13. The molecule has 136 valence electrons. The summed E-state index contributed by atoms with van der Waals surface area (Å²) < 4.78 is 5.16. The zero-order chi connectivity index (χ0) is 18.9. The Kier molecular flexibility index (Phi) is 5.12. The summed E-state index contributed by atoms with van der Waals surface area (Å²) in [6, 6.07) is 11.7. The van der Waals surface area contributed by atoms with E-state index in [1.165, 1.54) is 4.90 Å². The Morgan fingerprint density at radius 1 is 1.08 bits per heavy atom. The first kappa shape index (κ1) is 18.5. The minimum atomic E-state index is -1.08. The fourth-order valence-electron chi connectivity index (χ4n) is 3.11. The highest BCUT2D eigenvalue weighted by Crippen LogP contribution is 2.34. The molecule has 3 amide bonds. The molecule has 1 atom stereocenters. The van der Waals surface area contributed by atoms with Crippen LogP contribution in [0.15, 0.2) is 42.5 Å². The van der Waals surface area contributed by atoms with Crippen molar-refractivity contribution in [2.75, 3.05) is 7.11 Å². The summed E-state index contributed by atoms with van der Waals surface area (Å²) in [6.45, 7) is 1.99. The minimum absolute atomic E-state index is 0.124. The first-order valence-electron chi connectivity index (χ1n) is 8.14. The van der Waals surface area contributed by atoms with E-state index in [1.807, 2.05) is 6.92 Å². The maximum absolute atomic E-state index is 13.1. The van der Waals surface area contributed by atoms with Gasteiger partial charge < -0.3 is 10.1 Å². The van der Waals surface area contributed by atoms with E-state index in [2.05, 4.69) is 5.32 Å². The summed E-state index contributed by atoms with van der Waals surface area (Å²) in [6.07, 6.45) is 0.432. The summed E-state index contributed by atoms with van der Waals surface area (Å²) in [7, 11) is 1.58. The van der Waals surface area contributed by atoms with Crippen LogP contribution in [0.5, 0.6) is 5.75 Å². The van der Waals surface area contributed by atoms with Crippen molar-refractivity contribution in [3.05, 3.63) is 63.6 Å². The number of amides is 3. The average Bonchev–Trinajstić information content (AvgIpc) is 2.90. The third-order valence-electron chi connectivity index (χ3n) is 4.61. The summed E-state index contributed by atoms with van der Waals surface area (Å²) >= 11 is 12.0. The van der Waals surface area contributed by atoms with E-state index in [-0.39, 0.29) is 12.5 Å². The second-order valence-electron chi connectivity index (χ2n) is 6.06. The molecular formula is C19H18Cl2N2O3. The molecule has 0 spiro atoms. The van der Waals surface area contributed by atoms with Crippen LogP contribution in [-0.4, -0.2) is 23.9 Å². The second kappa shape index (κ2) is 7.17. The van der Waals surface area contributed by atoms with Gasteiger partial charge in [-0.3, -0.25) is 9.69 Å². The van der Waals surface area contributed by atoms with E-state index in [4.69, 9.17) is 27.9 Å². The van der Waals surface area contributed by atoms with Gasteiger partial charge in [0, 0.05) is 0 Å². The molecule has 0 aromatic heterocycles. The van der Waals surface area contributed by atoms with Crippen LogP contribution in [0.4, 0.5) is 4.79 Å². The number of imide groups is 1. The van der Waals surface area contributed by atoms with Gasteiger partial charge in [-0.15, -0.1) is 0 Å². The molecule has 1 N–H and O–H groups in total. The molecular weight excluding hydrogens is 375 g/mol. The molecule has 1 fully saturated rings. The molecule has 1 saturated heterocycles. The van der Waals surface area contributed by atoms with E-state index in [1.54, 1.807) is 49.6 Å². The van der Waals surface area contributed by atoms with Gasteiger partial charge in [-0.25, -0.2) is 4.79 Å². The highest BCUT2D eigenvalue weighted by Gasteiger charge is 2.51. The van der Waals surface area contributed by atoms with E-state index in [9.17, 15) is 9.59 Å². The lowest BCUT2D eigenvalue weighted by Crippen LogP contribution is -2.43. The van der Waals surface area contributed by atoms with Gasteiger partial charge in [0.1, 0.15) is 11.3 Å². The lowest BCUT2D eigenvalue weighted by Gasteiger charge is -2.26. The summed E-state index contributed by atoms with van der Waals surface area (Å²) in [5.74, 6) is 0.394. The molecule has 7 heteroatoms. The van der Waals surface area contributed by atoms with Gasteiger partial charge >= 0.3 is 6.03 Å². The first-order valence-corrected chi connectivity index (χ1v) is 8.89. The quantitative estimate of drug-likeness (QED) is 0.768. The van der Waals surface area contributed by atoms with Crippen molar-refractivity contribution in [2.24, 2.45) is 0 Å². The van der Waals surface area contributed by atoms with Crippen molar-refractivity contribution in [3.63, 3.8) is 0 Å². The number of halogens is 2. The molecule has 0 radical (unpaired) electrons. The van der Waals surface area contributed by atoms with E-state index in [0.29, 0.717) is 22.2 Å². The number of methoxy groups -OCH3 is 1. The molecule has 5 nitrogen and oxygen atoms in total. The fourth-order valence-corrected chi connectivity index (χ4v) is 3.43. The van der Waals surface area contributed by atoms with Crippen LogP contribution in [0.1, 0.15) is 24.5 Å². The molecule has 2 aromatic rings. The van der Waals surface area contributed by atoms with Gasteiger partial charge in [-0.2, -0.15) is 0 Å². The number of benzene rings is 2. The van der Waals surface area contributed by atoms with Crippen LogP contribution in [-0.2, 0) is 16.9 Å². The third-order valence-corrected chi connectivity index (χ3v) is 5.35. The van der Waals surface area contributed by atoms with Crippen molar-refractivity contribution in [3.8, 4) is 5.75 Å². The lowest BCUT2D eigenvalue weighted by atomic mass is 9.87. The largest absolute Gasteiger partial charge is 0.497 e. The molecule has 1 aliphatic heterocycles. The number of nitrogens with one attached hydrogen (secondary N) is 1. The Hall–Kier alpha value is -2.24. The van der Waals surface area contributed by atoms with Crippen molar-refractivity contribution < 1.29 is 14.3 Å². The standard InChI is InChI=1S/C19H18Cl2N2O3/c1-3-19(13-5-7-14(26-2)8-6-13)17(24)23(18(25)22-19)11-12-4-9-15(20)16(21)10-12/h4-10H,3,11H2,1-2H3,(H,22,25). The first-order chi connectivity index (χ1) is 12.4. The number of nitrogens with zero attached hydrogens (tertiary/aromatic N) is 1. The minimum Gasteiger partial charge on any atom is -0.497 e. The summed E-state index contributed by atoms with van der Waals surface area (Å²) in [5, 5.41) is 3.66. The molecule has 0 aliphatic carbocycles. The van der Waals surface area contributed by atoms with Gasteiger partial charge in [-0.05, 0) is 41.8 Å².